The van der Waals surface area contributed by atoms with Crippen molar-refractivity contribution in [2.45, 2.75) is 71.4 Å². The van der Waals surface area contributed by atoms with E-state index in [1.165, 1.54) is 39.0 Å². The minimum absolute atomic E-state index is 0.109. The Labute approximate surface area is 116 Å². The Morgan fingerprint density at radius 2 is 1.79 bits per heavy atom. The predicted molar refractivity (Wildman–Crippen MR) is 75.0 cm³/mol. The highest BCUT2D eigenvalue weighted by atomic mass is 16.6. The first-order valence-corrected chi connectivity index (χ1v) is 7.28. The average Bonchev–Trinajstić information content (AvgIpc) is 2.71. The van der Waals surface area contributed by atoms with Crippen molar-refractivity contribution in [3.05, 3.63) is 0 Å². The molecule has 4 heteroatoms. The number of hydrogen-bond acceptors (Lipinski definition) is 3. The van der Waals surface area contributed by atoms with Gasteiger partial charge in [0, 0.05) is 12.6 Å². The fourth-order valence-electron chi connectivity index (χ4n) is 2.95. The maximum absolute atomic E-state index is 12.0. The monoisotopic (exact) mass is 269 g/mol. The van der Waals surface area contributed by atoms with E-state index in [0.29, 0.717) is 6.04 Å². The van der Waals surface area contributed by atoms with Crippen LogP contribution in [0.25, 0.3) is 0 Å². The van der Waals surface area contributed by atoms with E-state index in [4.69, 9.17) is 9.53 Å². The molecule has 0 aromatic carbocycles. The zero-order valence-corrected chi connectivity index (χ0v) is 12.6. The van der Waals surface area contributed by atoms with Gasteiger partial charge in [0.2, 0.25) is 0 Å². The van der Waals surface area contributed by atoms with Gasteiger partial charge in [-0.2, -0.15) is 0 Å². The molecule has 2 rings (SSSR count). The molecule has 0 aromatic rings. The van der Waals surface area contributed by atoms with Crippen molar-refractivity contribution < 1.29 is 14.3 Å². The van der Waals surface area contributed by atoms with Gasteiger partial charge in [-0.3, -0.25) is 0 Å². The Balaban J connectivity index is 0.000000550. The van der Waals surface area contributed by atoms with Gasteiger partial charge >= 0.3 is 6.09 Å². The zero-order valence-electron chi connectivity index (χ0n) is 12.6. The van der Waals surface area contributed by atoms with Crippen molar-refractivity contribution in [2.75, 3.05) is 6.54 Å². The number of fused-ring (bicyclic) bond motifs is 1. The van der Waals surface area contributed by atoms with E-state index in [1.54, 1.807) is 0 Å². The smallest absolute Gasteiger partial charge is 0.410 e. The van der Waals surface area contributed by atoms with Crippen LogP contribution < -0.4 is 0 Å². The number of hydrogen-bond donors (Lipinski definition) is 0. The third kappa shape index (κ3) is 4.84. The molecule has 1 amide bonds. The quantitative estimate of drug-likeness (QED) is 0.633. The second-order valence-electron chi connectivity index (χ2n) is 6.31. The van der Waals surface area contributed by atoms with Crippen LogP contribution in [-0.4, -0.2) is 35.5 Å². The molecule has 1 heterocycles. The van der Waals surface area contributed by atoms with Gasteiger partial charge in [0.1, 0.15) is 11.9 Å². The lowest BCUT2D eigenvalue weighted by Crippen LogP contribution is -2.42. The van der Waals surface area contributed by atoms with Crippen LogP contribution >= 0.6 is 0 Å². The molecule has 0 N–H and O–H groups in total. The van der Waals surface area contributed by atoms with Crippen molar-refractivity contribution in [1.29, 1.82) is 0 Å². The van der Waals surface area contributed by atoms with Crippen molar-refractivity contribution in [2.24, 2.45) is 5.92 Å². The van der Waals surface area contributed by atoms with Gasteiger partial charge in [0.15, 0.2) is 0 Å². The highest BCUT2D eigenvalue weighted by Gasteiger charge is 2.39. The number of nitrogens with zero attached hydrogens (tertiary/aromatic N) is 1. The molecule has 19 heavy (non-hydrogen) atoms. The van der Waals surface area contributed by atoms with Gasteiger partial charge in [-0.05, 0) is 52.9 Å². The molecule has 0 bridgehead atoms. The topological polar surface area (TPSA) is 46.6 Å². The van der Waals surface area contributed by atoms with Crippen LogP contribution in [0.1, 0.15) is 59.8 Å². The van der Waals surface area contributed by atoms with Crippen LogP contribution in [0.15, 0.2) is 0 Å². The Bertz CT molecular complexity index is 309. The summed E-state index contributed by atoms with van der Waals surface area (Å²) in [6.45, 7) is 8.13. The summed E-state index contributed by atoms with van der Waals surface area (Å²) in [5, 5.41) is 0. The normalized spacial score (nSPS) is 26.0. The van der Waals surface area contributed by atoms with Crippen LogP contribution in [0.4, 0.5) is 4.79 Å². The van der Waals surface area contributed by atoms with Crippen LogP contribution in [0.2, 0.25) is 0 Å². The van der Waals surface area contributed by atoms with Crippen LogP contribution in [0.5, 0.6) is 0 Å². The highest BCUT2D eigenvalue weighted by Crippen LogP contribution is 2.36. The fourth-order valence-corrected chi connectivity index (χ4v) is 2.95. The number of carbonyl (C=O) groups is 2. The van der Waals surface area contributed by atoms with Gasteiger partial charge in [-0.1, -0.05) is 12.8 Å². The molecule has 0 radical (unpaired) electrons. The van der Waals surface area contributed by atoms with Crippen molar-refractivity contribution in [3.63, 3.8) is 0 Å². The molecule has 1 aliphatic heterocycles. The Morgan fingerprint density at radius 1 is 1.21 bits per heavy atom. The summed E-state index contributed by atoms with van der Waals surface area (Å²) in [5.41, 5.74) is -0.371. The number of rotatable bonds is 0. The fraction of sp³-hybridized carbons (Fsp3) is 0.867. The molecule has 2 atom stereocenters. The molecule has 110 valence electrons. The van der Waals surface area contributed by atoms with E-state index in [2.05, 4.69) is 0 Å². The molecule has 0 spiro atoms. The highest BCUT2D eigenvalue weighted by molar-refractivity contribution is 5.69. The van der Waals surface area contributed by atoms with Gasteiger partial charge in [0.05, 0.1) is 0 Å². The first kappa shape index (κ1) is 16.0. The minimum Gasteiger partial charge on any atom is -0.444 e. The van der Waals surface area contributed by atoms with E-state index >= 15 is 0 Å². The van der Waals surface area contributed by atoms with Crippen molar-refractivity contribution >= 4 is 12.4 Å². The van der Waals surface area contributed by atoms with Crippen molar-refractivity contribution in [1.82, 2.24) is 4.90 Å². The summed E-state index contributed by atoms with van der Waals surface area (Å²) in [6.07, 6.45) is 6.88. The Morgan fingerprint density at radius 3 is 2.37 bits per heavy atom. The molecule has 1 saturated heterocycles. The molecule has 1 saturated carbocycles. The molecular weight excluding hydrogens is 242 g/mol. The number of likely N-dealkylation sites (tertiary alicyclic amines) is 1. The third-order valence-corrected chi connectivity index (χ3v) is 3.64. The SMILES string of the molecule is CC(C)(C)OC(=O)N1CCC2CCCCC21.CC=O. The molecule has 2 fully saturated rings. The minimum atomic E-state index is -0.371. The average molecular weight is 269 g/mol. The predicted octanol–water partition coefficient (Wildman–Crippen LogP) is 3.39. The summed E-state index contributed by atoms with van der Waals surface area (Å²) in [5.74, 6) is 0.737. The van der Waals surface area contributed by atoms with E-state index in [1.807, 2.05) is 25.7 Å². The van der Waals surface area contributed by atoms with Gasteiger partial charge < -0.3 is 14.4 Å². The van der Waals surface area contributed by atoms with Gasteiger partial charge in [0.25, 0.3) is 0 Å². The number of amides is 1. The second-order valence-corrected chi connectivity index (χ2v) is 6.31. The summed E-state index contributed by atoms with van der Waals surface area (Å²) in [7, 11) is 0. The van der Waals surface area contributed by atoms with E-state index in [0.717, 1.165) is 18.7 Å². The Kier molecular flexibility index (Phi) is 5.83. The number of aldehydes is 1. The summed E-state index contributed by atoms with van der Waals surface area (Å²) in [4.78, 5) is 22.8. The largest absolute Gasteiger partial charge is 0.444 e. The first-order valence-electron chi connectivity index (χ1n) is 7.28. The lowest BCUT2D eigenvalue weighted by molar-refractivity contribution is -0.106. The van der Waals surface area contributed by atoms with E-state index in [9.17, 15) is 4.79 Å². The van der Waals surface area contributed by atoms with Crippen molar-refractivity contribution in [3.8, 4) is 0 Å². The zero-order chi connectivity index (χ0) is 14.5. The van der Waals surface area contributed by atoms with Gasteiger partial charge in [-0.25, -0.2) is 4.79 Å². The molecule has 1 aliphatic carbocycles. The van der Waals surface area contributed by atoms with E-state index < -0.39 is 0 Å². The molecule has 0 aromatic heterocycles. The summed E-state index contributed by atoms with van der Waals surface area (Å²) in [6, 6.07) is 0.462. The molecule has 2 unspecified atom stereocenters. The third-order valence-electron chi connectivity index (χ3n) is 3.64. The molecule has 2 aliphatic rings. The van der Waals surface area contributed by atoms with Crippen LogP contribution in [0, 0.1) is 5.92 Å². The lowest BCUT2D eigenvalue weighted by Gasteiger charge is -2.33. The summed E-state index contributed by atoms with van der Waals surface area (Å²) >= 11 is 0. The lowest BCUT2D eigenvalue weighted by atomic mass is 9.85. The first-order chi connectivity index (χ1) is 8.89. The molecule has 4 nitrogen and oxygen atoms in total. The second kappa shape index (κ2) is 6.92. The van der Waals surface area contributed by atoms with Crippen LogP contribution in [-0.2, 0) is 9.53 Å². The maximum atomic E-state index is 12.0. The standard InChI is InChI=1S/C13H23NO2.C2H4O/c1-13(2,3)16-12(15)14-9-8-10-6-4-5-7-11(10)14;1-2-3/h10-11H,4-9H2,1-3H3;2H,1H3. The Hall–Kier alpha value is -1.06. The molecular formula is C15H27NO3. The maximum Gasteiger partial charge on any atom is 0.410 e. The van der Waals surface area contributed by atoms with Crippen LogP contribution in [0.3, 0.4) is 0 Å². The summed E-state index contributed by atoms with van der Waals surface area (Å²) < 4.78 is 5.46. The number of carbonyl (C=O) groups excluding carboxylic acids is 2. The number of ether oxygens (including phenoxy) is 1. The van der Waals surface area contributed by atoms with E-state index in [-0.39, 0.29) is 11.7 Å². The van der Waals surface area contributed by atoms with Gasteiger partial charge in [-0.15, -0.1) is 0 Å².